The lowest BCUT2D eigenvalue weighted by Crippen LogP contribution is -2.24. The third kappa shape index (κ3) is 4.92. The maximum atomic E-state index is 12.1. The number of fused-ring (bicyclic) bond motifs is 1. The molecular formula is C19H16ClNO7. The number of hydrogen-bond donors (Lipinski definition) is 1. The summed E-state index contributed by atoms with van der Waals surface area (Å²) in [4.78, 5) is 35.6. The quantitative estimate of drug-likeness (QED) is 0.558. The predicted octanol–water partition coefficient (Wildman–Crippen LogP) is 2.83. The molecule has 0 atom stereocenters. The van der Waals surface area contributed by atoms with Gasteiger partial charge >= 0.3 is 5.97 Å². The van der Waals surface area contributed by atoms with Gasteiger partial charge in [0.05, 0.1) is 5.69 Å². The van der Waals surface area contributed by atoms with Gasteiger partial charge in [-0.15, -0.1) is 0 Å². The minimum atomic E-state index is -0.729. The fourth-order valence-electron chi connectivity index (χ4n) is 2.41. The van der Waals surface area contributed by atoms with E-state index < -0.39 is 18.5 Å². The molecule has 0 bridgehead atoms. The zero-order chi connectivity index (χ0) is 20.1. The van der Waals surface area contributed by atoms with E-state index in [1.807, 2.05) is 0 Å². The number of rotatable bonds is 7. The number of carbonyl (C=O) groups is 3. The molecule has 0 radical (unpaired) electrons. The molecule has 1 aliphatic heterocycles. The number of benzene rings is 2. The standard InChI is InChI=1S/C19H16ClNO7/c1-11(22)14-6-16-17(28-10-27-16)7-15(14)21-18(23)8-26-19(24)9-25-13-4-2-3-12(20)5-13/h2-7H,8-10H2,1H3,(H,21,23). The van der Waals surface area contributed by atoms with Gasteiger partial charge in [0.25, 0.3) is 5.91 Å². The zero-order valence-electron chi connectivity index (χ0n) is 14.8. The predicted molar refractivity (Wildman–Crippen MR) is 99.1 cm³/mol. The summed E-state index contributed by atoms with van der Waals surface area (Å²) in [5, 5.41) is 3.00. The summed E-state index contributed by atoms with van der Waals surface area (Å²) in [6.07, 6.45) is 0. The van der Waals surface area contributed by atoms with E-state index in [1.54, 1.807) is 24.3 Å². The van der Waals surface area contributed by atoms with E-state index in [-0.39, 0.29) is 30.4 Å². The Hall–Kier alpha value is -3.26. The number of Topliss-reactive ketones (excluding diaryl/α,β-unsaturated/α-hetero) is 1. The average Bonchev–Trinajstić information content (AvgIpc) is 3.11. The van der Waals surface area contributed by atoms with Gasteiger partial charge in [0, 0.05) is 16.7 Å². The van der Waals surface area contributed by atoms with Gasteiger partial charge < -0.3 is 24.3 Å². The molecule has 0 aliphatic carbocycles. The van der Waals surface area contributed by atoms with Gasteiger partial charge in [-0.25, -0.2) is 4.79 Å². The van der Waals surface area contributed by atoms with E-state index in [1.165, 1.54) is 19.1 Å². The lowest BCUT2D eigenvalue weighted by molar-refractivity contribution is -0.149. The largest absolute Gasteiger partial charge is 0.482 e. The van der Waals surface area contributed by atoms with Crippen molar-refractivity contribution in [3.05, 3.63) is 47.0 Å². The summed E-state index contributed by atoms with van der Waals surface area (Å²) in [6, 6.07) is 9.50. The molecule has 8 nitrogen and oxygen atoms in total. The highest BCUT2D eigenvalue weighted by Gasteiger charge is 2.20. The van der Waals surface area contributed by atoms with Crippen LogP contribution >= 0.6 is 11.6 Å². The molecule has 28 heavy (non-hydrogen) atoms. The smallest absolute Gasteiger partial charge is 0.344 e. The van der Waals surface area contributed by atoms with Crippen molar-refractivity contribution in [3.63, 3.8) is 0 Å². The fraction of sp³-hybridized carbons (Fsp3) is 0.211. The highest BCUT2D eigenvalue weighted by atomic mass is 35.5. The highest BCUT2D eigenvalue weighted by molar-refractivity contribution is 6.30. The first-order valence-corrected chi connectivity index (χ1v) is 8.58. The zero-order valence-corrected chi connectivity index (χ0v) is 15.6. The van der Waals surface area contributed by atoms with Crippen LogP contribution in [0.1, 0.15) is 17.3 Å². The van der Waals surface area contributed by atoms with Gasteiger partial charge in [-0.05, 0) is 31.2 Å². The van der Waals surface area contributed by atoms with Gasteiger partial charge in [-0.2, -0.15) is 0 Å². The fourth-order valence-corrected chi connectivity index (χ4v) is 2.59. The number of ketones is 1. The number of amides is 1. The van der Waals surface area contributed by atoms with Crippen LogP contribution in [-0.4, -0.2) is 37.7 Å². The van der Waals surface area contributed by atoms with Crippen molar-refractivity contribution in [3.8, 4) is 17.2 Å². The Morgan fingerprint density at radius 1 is 1.11 bits per heavy atom. The van der Waals surface area contributed by atoms with E-state index in [9.17, 15) is 14.4 Å². The lowest BCUT2D eigenvalue weighted by Gasteiger charge is -2.11. The molecule has 0 saturated carbocycles. The van der Waals surface area contributed by atoms with Crippen molar-refractivity contribution in [2.45, 2.75) is 6.92 Å². The first kappa shape index (κ1) is 19.5. The molecule has 0 fully saturated rings. The molecule has 1 heterocycles. The minimum absolute atomic E-state index is 0.0360. The van der Waals surface area contributed by atoms with Crippen LogP contribution in [0.4, 0.5) is 5.69 Å². The van der Waals surface area contributed by atoms with Crippen LogP contribution in [0.2, 0.25) is 5.02 Å². The van der Waals surface area contributed by atoms with Gasteiger partial charge in [0.1, 0.15) is 5.75 Å². The van der Waals surface area contributed by atoms with Crippen LogP contribution in [0.15, 0.2) is 36.4 Å². The summed E-state index contributed by atoms with van der Waals surface area (Å²) in [5.74, 6) is -0.369. The third-order valence-electron chi connectivity index (χ3n) is 3.68. The maximum absolute atomic E-state index is 12.1. The van der Waals surface area contributed by atoms with E-state index in [2.05, 4.69) is 5.32 Å². The topological polar surface area (TPSA) is 100 Å². The summed E-state index contributed by atoms with van der Waals surface area (Å²) in [7, 11) is 0. The Labute approximate surface area is 165 Å². The molecule has 3 rings (SSSR count). The molecule has 0 unspecified atom stereocenters. The lowest BCUT2D eigenvalue weighted by atomic mass is 10.1. The van der Waals surface area contributed by atoms with Gasteiger partial charge in [0.2, 0.25) is 6.79 Å². The Kier molecular flexibility index (Phi) is 6.00. The Morgan fingerprint density at radius 3 is 2.57 bits per heavy atom. The van der Waals surface area contributed by atoms with Gasteiger partial charge in [0.15, 0.2) is 30.5 Å². The number of ether oxygens (including phenoxy) is 4. The van der Waals surface area contributed by atoms with Crippen LogP contribution in [0.5, 0.6) is 17.2 Å². The van der Waals surface area contributed by atoms with Crippen molar-refractivity contribution >= 4 is 34.9 Å². The van der Waals surface area contributed by atoms with Crippen LogP contribution in [0.3, 0.4) is 0 Å². The van der Waals surface area contributed by atoms with Gasteiger partial charge in [-0.3, -0.25) is 9.59 Å². The highest BCUT2D eigenvalue weighted by Crippen LogP contribution is 2.37. The summed E-state index contributed by atoms with van der Waals surface area (Å²) in [6.45, 7) is 0.481. The minimum Gasteiger partial charge on any atom is -0.482 e. The average molecular weight is 406 g/mol. The van der Waals surface area contributed by atoms with Crippen molar-refractivity contribution in [1.82, 2.24) is 0 Å². The molecule has 146 valence electrons. The van der Waals surface area contributed by atoms with E-state index in [0.29, 0.717) is 22.3 Å². The Bertz CT molecular complexity index is 928. The van der Waals surface area contributed by atoms with Crippen LogP contribution in [0.25, 0.3) is 0 Å². The molecule has 2 aromatic carbocycles. The van der Waals surface area contributed by atoms with Crippen molar-refractivity contribution in [2.24, 2.45) is 0 Å². The maximum Gasteiger partial charge on any atom is 0.344 e. The molecule has 9 heteroatoms. The summed E-state index contributed by atoms with van der Waals surface area (Å²) in [5.41, 5.74) is 0.501. The molecule has 2 aromatic rings. The molecule has 1 aliphatic rings. The van der Waals surface area contributed by atoms with E-state index in [4.69, 9.17) is 30.5 Å². The normalized spacial score (nSPS) is 11.6. The van der Waals surface area contributed by atoms with Crippen molar-refractivity contribution in [1.29, 1.82) is 0 Å². The van der Waals surface area contributed by atoms with E-state index >= 15 is 0 Å². The van der Waals surface area contributed by atoms with Crippen LogP contribution < -0.4 is 19.5 Å². The first-order valence-electron chi connectivity index (χ1n) is 8.21. The summed E-state index contributed by atoms with van der Waals surface area (Å²) >= 11 is 5.82. The molecular weight excluding hydrogens is 390 g/mol. The third-order valence-corrected chi connectivity index (χ3v) is 3.92. The van der Waals surface area contributed by atoms with Crippen LogP contribution in [-0.2, 0) is 14.3 Å². The molecule has 0 aromatic heterocycles. The second kappa shape index (κ2) is 8.62. The Balaban J connectivity index is 1.53. The van der Waals surface area contributed by atoms with Gasteiger partial charge in [-0.1, -0.05) is 17.7 Å². The van der Waals surface area contributed by atoms with Crippen molar-refractivity contribution < 1.29 is 33.3 Å². The second-order valence-electron chi connectivity index (χ2n) is 5.76. The second-order valence-corrected chi connectivity index (χ2v) is 6.20. The molecule has 0 spiro atoms. The monoisotopic (exact) mass is 405 g/mol. The number of anilines is 1. The molecule has 1 amide bonds. The number of hydrogen-bond acceptors (Lipinski definition) is 7. The SMILES string of the molecule is CC(=O)c1cc2c(cc1NC(=O)COC(=O)COc1cccc(Cl)c1)OCO2. The van der Waals surface area contributed by atoms with E-state index in [0.717, 1.165) is 0 Å². The molecule has 1 N–H and O–H groups in total. The summed E-state index contributed by atoms with van der Waals surface area (Å²) < 4.78 is 20.6. The van der Waals surface area contributed by atoms with Crippen LogP contribution in [0, 0.1) is 0 Å². The number of nitrogens with one attached hydrogen (secondary N) is 1. The first-order chi connectivity index (χ1) is 13.4. The number of halogens is 1. The number of carbonyl (C=O) groups excluding carboxylic acids is 3. The number of esters is 1. The molecule has 0 saturated heterocycles. The Morgan fingerprint density at radius 2 is 1.86 bits per heavy atom. The van der Waals surface area contributed by atoms with Crippen molar-refractivity contribution in [2.75, 3.05) is 25.3 Å².